The molecule has 138 valence electrons. The average molecular weight is 349 g/mol. The van der Waals surface area contributed by atoms with Crippen LogP contribution >= 0.6 is 0 Å². The first-order chi connectivity index (χ1) is 11.7. The lowest BCUT2D eigenvalue weighted by atomic mass is 9.94. The summed E-state index contributed by atoms with van der Waals surface area (Å²) in [4.78, 5) is 28.2. The van der Waals surface area contributed by atoms with Gasteiger partial charge in [0, 0.05) is 38.1 Å². The number of amides is 2. The van der Waals surface area contributed by atoms with E-state index in [1.54, 1.807) is 13.0 Å². The number of nitrogens with one attached hydrogen (secondary N) is 1. The molecule has 6 heteroatoms. The monoisotopic (exact) mass is 349 g/mol. The molecule has 0 aromatic heterocycles. The van der Waals surface area contributed by atoms with E-state index in [1.807, 2.05) is 36.6 Å². The number of hydrogen-bond acceptors (Lipinski definition) is 3. The molecule has 0 atom stereocenters. The van der Waals surface area contributed by atoms with Crippen molar-refractivity contribution in [3.8, 4) is 0 Å². The number of carbonyl (C=O) groups excluding carboxylic acids is 2. The summed E-state index contributed by atoms with van der Waals surface area (Å²) in [6.45, 7) is 10.8. The lowest BCUT2D eigenvalue weighted by molar-refractivity contribution is -0.141. The van der Waals surface area contributed by atoms with Crippen molar-refractivity contribution in [2.24, 2.45) is 5.41 Å². The number of halogens is 1. The normalized spacial score (nSPS) is 16.0. The number of aryl methyl sites for hydroxylation is 1. The van der Waals surface area contributed by atoms with Crippen LogP contribution in [0.4, 0.5) is 4.39 Å². The summed E-state index contributed by atoms with van der Waals surface area (Å²) in [6.07, 6.45) is 0. The van der Waals surface area contributed by atoms with Crippen LogP contribution in [0.3, 0.4) is 0 Å². The fraction of sp³-hybridized carbons (Fsp3) is 0.579. The van der Waals surface area contributed by atoms with Crippen molar-refractivity contribution in [1.29, 1.82) is 0 Å². The molecule has 0 saturated carbocycles. The summed E-state index contributed by atoms with van der Waals surface area (Å²) >= 11 is 0. The molecule has 2 amide bonds. The van der Waals surface area contributed by atoms with Gasteiger partial charge in [-0.3, -0.25) is 14.5 Å². The molecule has 0 radical (unpaired) electrons. The number of carbonyl (C=O) groups is 2. The lowest BCUT2D eigenvalue weighted by Crippen LogP contribution is -2.53. The van der Waals surface area contributed by atoms with Crippen molar-refractivity contribution in [3.63, 3.8) is 0 Å². The van der Waals surface area contributed by atoms with Crippen LogP contribution in [-0.2, 0) is 16.1 Å². The van der Waals surface area contributed by atoms with Gasteiger partial charge in [0.25, 0.3) is 0 Å². The highest BCUT2D eigenvalue weighted by Gasteiger charge is 2.29. The SMILES string of the molecule is Cc1ccc(CNC(=O)CN2CCN(C(=O)C(C)(C)C)CC2)cc1F. The second kappa shape index (κ2) is 7.95. The Labute approximate surface area is 149 Å². The standard InChI is InChI=1S/C19H28FN3O2/c1-14-5-6-15(11-16(14)20)12-21-17(24)13-22-7-9-23(10-8-22)18(25)19(2,3)4/h5-6,11H,7-10,12-13H2,1-4H3,(H,21,24). The fourth-order valence-electron chi connectivity index (χ4n) is 2.79. The third kappa shape index (κ3) is 5.53. The minimum absolute atomic E-state index is 0.0865. The third-order valence-corrected chi connectivity index (χ3v) is 4.39. The molecule has 1 saturated heterocycles. The quantitative estimate of drug-likeness (QED) is 0.904. The predicted molar refractivity (Wildman–Crippen MR) is 95.5 cm³/mol. The highest BCUT2D eigenvalue weighted by atomic mass is 19.1. The van der Waals surface area contributed by atoms with Crippen molar-refractivity contribution >= 4 is 11.8 Å². The second-order valence-corrected chi connectivity index (χ2v) is 7.68. The molecule has 0 unspecified atom stereocenters. The zero-order valence-electron chi connectivity index (χ0n) is 15.6. The minimum atomic E-state index is -0.372. The Morgan fingerprint density at radius 3 is 2.36 bits per heavy atom. The molecule has 2 rings (SSSR count). The van der Waals surface area contributed by atoms with Gasteiger partial charge in [0.15, 0.2) is 0 Å². The van der Waals surface area contributed by atoms with Crippen LogP contribution in [0, 0.1) is 18.2 Å². The molecule has 1 fully saturated rings. The van der Waals surface area contributed by atoms with Crippen LogP contribution in [0.5, 0.6) is 0 Å². The molecule has 0 aliphatic carbocycles. The molecular weight excluding hydrogens is 321 g/mol. The zero-order valence-corrected chi connectivity index (χ0v) is 15.6. The summed E-state index contributed by atoms with van der Waals surface area (Å²) in [5.74, 6) is -0.194. The van der Waals surface area contributed by atoms with E-state index in [0.717, 1.165) is 5.56 Å². The van der Waals surface area contributed by atoms with Crippen LogP contribution in [0.1, 0.15) is 31.9 Å². The van der Waals surface area contributed by atoms with E-state index in [-0.39, 0.29) is 23.0 Å². The molecule has 1 aromatic rings. The first-order valence-corrected chi connectivity index (χ1v) is 8.70. The van der Waals surface area contributed by atoms with Gasteiger partial charge >= 0.3 is 0 Å². The lowest BCUT2D eigenvalue weighted by Gasteiger charge is -2.37. The Morgan fingerprint density at radius 1 is 1.16 bits per heavy atom. The molecule has 0 bridgehead atoms. The number of nitrogens with zero attached hydrogens (tertiary/aromatic N) is 2. The Hall–Kier alpha value is -1.95. The van der Waals surface area contributed by atoms with Crippen LogP contribution in [0.15, 0.2) is 18.2 Å². The van der Waals surface area contributed by atoms with E-state index in [0.29, 0.717) is 44.8 Å². The molecule has 1 heterocycles. The van der Waals surface area contributed by atoms with Gasteiger partial charge in [-0.25, -0.2) is 4.39 Å². The van der Waals surface area contributed by atoms with E-state index in [1.165, 1.54) is 6.07 Å². The molecule has 1 aromatic carbocycles. The maximum atomic E-state index is 13.5. The minimum Gasteiger partial charge on any atom is -0.351 e. The van der Waals surface area contributed by atoms with Crippen molar-refractivity contribution in [2.75, 3.05) is 32.7 Å². The summed E-state index contributed by atoms with van der Waals surface area (Å²) < 4.78 is 13.5. The highest BCUT2D eigenvalue weighted by Crippen LogP contribution is 2.18. The topological polar surface area (TPSA) is 52.7 Å². The number of benzene rings is 1. The number of rotatable bonds is 4. The Balaban J connectivity index is 1.75. The summed E-state index contributed by atoms with van der Waals surface area (Å²) in [7, 11) is 0. The van der Waals surface area contributed by atoms with Crippen molar-refractivity contribution in [1.82, 2.24) is 15.1 Å². The van der Waals surface area contributed by atoms with Crippen molar-refractivity contribution in [3.05, 3.63) is 35.1 Å². The van der Waals surface area contributed by atoms with Crippen LogP contribution in [-0.4, -0.2) is 54.3 Å². The van der Waals surface area contributed by atoms with E-state index >= 15 is 0 Å². The Morgan fingerprint density at radius 2 is 1.80 bits per heavy atom. The fourth-order valence-corrected chi connectivity index (χ4v) is 2.79. The smallest absolute Gasteiger partial charge is 0.234 e. The van der Waals surface area contributed by atoms with Gasteiger partial charge < -0.3 is 10.2 Å². The molecule has 5 nitrogen and oxygen atoms in total. The van der Waals surface area contributed by atoms with Gasteiger partial charge in [0.2, 0.25) is 11.8 Å². The maximum absolute atomic E-state index is 13.5. The first-order valence-electron chi connectivity index (χ1n) is 8.70. The van der Waals surface area contributed by atoms with Crippen LogP contribution in [0.25, 0.3) is 0 Å². The van der Waals surface area contributed by atoms with Crippen LogP contribution in [0.2, 0.25) is 0 Å². The maximum Gasteiger partial charge on any atom is 0.234 e. The summed E-state index contributed by atoms with van der Waals surface area (Å²) in [6, 6.07) is 4.98. The van der Waals surface area contributed by atoms with Gasteiger partial charge in [-0.05, 0) is 24.1 Å². The largest absolute Gasteiger partial charge is 0.351 e. The molecule has 25 heavy (non-hydrogen) atoms. The molecule has 1 aliphatic heterocycles. The number of hydrogen-bond donors (Lipinski definition) is 1. The zero-order chi connectivity index (χ0) is 18.6. The second-order valence-electron chi connectivity index (χ2n) is 7.68. The average Bonchev–Trinajstić information content (AvgIpc) is 2.55. The van der Waals surface area contributed by atoms with Gasteiger partial charge in [-0.15, -0.1) is 0 Å². The summed E-state index contributed by atoms with van der Waals surface area (Å²) in [5, 5.41) is 2.82. The van der Waals surface area contributed by atoms with Gasteiger partial charge in [0.05, 0.1) is 6.54 Å². The van der Waals surface area contributed by atoms with Gasteiger partial charge in [-0.1, -0.05) is 32.9 Å². The van der Waals surface area contributed by atoms with E-state index < -0.39 is 0 Å². The van der Waals surface area contributed by atoms with E-state index in [4.69, 9.17) is 0 Å². The van der Waals surface area contributed by atoms with Crippen LogP contribution < -0.4 is 5.32 Å². The summed E-state index contributed by atoms with van der Waals surface area (Å²) in [5.41, 5.74) is 0.970. The van der Waals surface area contributed by atoms with Crippen molar-refractivity contribution in [2.45, 2.75) is 34.2 Å². The molecule has 0 spiro atoms. The van der Waals surface area contributed by atoms with Gasteiger partial charge in [0.1, 0.15) is 5.82 Å². The molecule has 1 N–H and O–H groups in total. The Bertz CT molecular complexity index is 632. The van der Waals surface area contributed by atoms with Gasteiger partial charge in [-0.2, -0.15) is 0 Å². The third-order valence-electron chi connectivity index (χ3n) is 4.39. The van der Waals surface area contributed by atoms with E-state index in [2.05, 4.69) is 5.32 Å². The molecular formula is C19H28FN3O2. The highest BCUT2D eigenvalue weighted by molar-refractivity contribution is 5.81. The first kappa shape index (κ1) is 19.4. The van der Waals surface area contributed by atoms with Crippen molar-refractivity contribution < 1.29 is 14.0 Å². The predicted octanol–water partition coefficient (Wildman–Crippen LogP) is 1.94. The van der Waals surface area contributed by atoms with E-state index in [9.17, 15) is 14.0 Å². The molecule has 1 aliphatic rings. The number of piperazine rings is 1. The Kier molecular flexibility index (Phi) is 6.16.